The van der Waals surface area contributed by atoms with E-state index in [2.05, 4.69) is 20.8 Å². The fraction of sp³-hybridized carbons (Fsp3) is 0.368. The Balaban J connectivity index is 1.47. The van der Waals surface area contributed by atoms with Crippen LogP contribution in [0, 0.1) is 0 Å². The van der Waals surface area contributed by atoms with Gasteiger partial charge in [-0.25, -0.2) is 9.78 Å². The number of rotatable bonds is 5. The Morgan fingerprint density at radius 2 is 2.04 bits per heavy atom. The predicted molar refractivity (Wildman–Crippen MR) is 107 cm³/mol. The van der Waals surface area contributed by atoms with Crippen LogP contribution in [0.25, 0.3) is 11.3 Å². The van der Waals surface area contributed by atoms with Crippen molar-refractivity contribution in [3.05, 3.63) is 35.7 Å². The molecule has 0 aliphatic carbocycles. The second-order valence-corrected chi connectivity index (χ2v) is 8.07. The molecule has 1 aliphatic heterocycles. The lowest BCUT2D eigenvalue weighted by molar-refractivity contribution is -0.110. The van der Waals surface area contributed by atoms with E-state index in [-0.39, 0.29) is 18.2 Å². The van der Waals surface area contributed by atoms with Gasteiger partial charge in [-0.15, -0.1) is 11.3 Å². The maximum Gasteiger partial charge on any atom is 0.407 e. The second-order valence-electron chi connectivity index (χ2n) is 7.21. The first-order chi connectivity index (χ1) is 13.3. The molecule has 0 spiro atoms. The minimum Gasteiger partial charge on any atom is -0.444 e. The molecular formula is C19H22N4O4S. The van der Waals surface area contributed by atoms with Gasteiger partial charge in [0.1, 0.15) is 11.3 Å². The highest BCUT2D eigenvalue weighted by molar-refractivity contribution is 7.14. The molecule has 9 heteroatoms. The summed E-state index contributed by atoms with van der Waals surface area (Å²) >= 11 is 1.34. The van der Waals surface area contributed by atoms with E-state index in [4.69, 9.17) is 9.57 Å². The van der Waals surface area contributed by atoms with Crippen molar-refractivity contribution in [2.75, 3.05) is 11.9 Å². The number of carbonyl (C=O) groups excluding carboxylic acids is 2. The van der Waals surface area contributed by atoms with Crippen LogP contribution in [0.3, 0.4) is 0 Å². The van der Waals surface area contributed by atoms with Gasteiger partial charge in [0.2, 0.25) is 0 Å². The highest BCUT2D eigenvalue weighted by Crippen LogP contribution is 2.25. The standard InChI is InChI=1S/C19H22N4O4S/c1-19(2,3)26-18(25)20-10-13-9-14(23-27-13)16(24)22-17-21-15(11-28-17)12-7-5-4-6-8-12/h4-8,11,13H,9-10H2,1-3H3,(H,20,25)(H,21,22,24). The summed E-state index contributed by atoms with van der Waals surface area (Å²) in [5, 5.41) is 11.5. The molecule has 2 heterocycles. The summed E-state index contributed by atoms with van der Waals surface area (Å²) < 4.78 is 5.16. The van der Waals surface area contributed by atoms with E-state index in [0.717, 1.165) is 11.3 Å². The van der Waals surface area contributed by atoms with Gasteiger partial charge >= 0.3 is 6.09 Å². The Bertz CT molecular complexity index is 874. The molecular weight excluding hydrogens is 380 g/mol. The lowest BCUT2D eigenvalue weighted by Crippen LogP contribution is -2.37. The van der Waals surface area contributed by atoms with Crippen molar-refractivity contribution >= 4 is 34.2 Å². The first kappa shape index (κ1) is 19.8. The number of amides is 2. The zero-order valence-electron chi connectivity index (χ0n) is 15.9. The molecule has 0 bridgehead atoms. The number of hydrogen-bond acceptors (Lipinski definition) is 7. The van der Waals surface area contributed by atoms with E-state index in [1.165, 1.54) is 11.3 Å². The molecule has 1 aromatic carbocycles. The van der Waals surface area contributed by atoms with E-state index in [1.54, 1.807) is 20.8 Å². The number of thiazole rings is 1. The fourth-order valence-electron chi connectivity index (χ4n) is 2.43. The largest absolute Gasteiger partial charge is 0.444 e. The number of ether oxygens (including phenoxy) is 1. The summed E-state index contributed by atoms with van der Waals surface area (Å²) in [4.78, 5) is 33.7. The maximum atomic E-state index is 12.4. The second kappa shape index (κ2) is 8.39. The van der Waals surface area contributed by atoms with Gasteiger partial charge in [-0.2, -0.15) is 0 Å². The molecule has 1 unspecified atom stereocenters. The molecule has 28 heavy (non-hydrogen) atoms. The van der Waals surface area contributed by atoms with Gasteiger partial charge in [0, 0.05) is 17.4 Å². The summed E-state index contributed by atoms with van der Waals surface area (Å²) in [5.41, 5.74) is 1.46. The number of nitrogens with one attached hydrogen (secondary N) is 2. The van der Waals surface area contributed by atoms with Crippen molar-refractivity contribution in [2.24, 2.45) is 5.16 Å². The lowest BCUT2D eigenvalue weighted by Gasteiger charge is -2.20. The Hall–Kier alpha value is -2.94. The topological polar surface area (TPSA) is 102 Å². The molecule has 148 valence electrons. The van der Waals surface area contributed by atoms with E-state index in [0.29, 0.717) is 11.6 Å². The van der Waals surface area contributed by atoms with Crippen LogP contribution < -0.4 is 10.6 Å². The van der Waals surface area contributed by atoms with Crippen LogP contribution in [-0.2, 0) is 14.4 Å². The van der Waals surface area contributed by atoms with Crippen molar-refractivity contribution in [1.29, 1.82) is 0 Å². The van der Waals surface area contributed by atoms with E-state index < -0.39 is 17.8 Å². The number of oxime groups is 1. The summed E-state index contributed by atoms with van der Waals surface area (Å²) in [7, 11) is 0. The van der Waals surface area contributed by atoms with Crippen LogP contribution in [0.4, 0.5) is 9.93 Å². The molecule has 0 saturated heterocycles. The van der Waals surface area contributed by atoms with Gasteiger partial charge in [-0.05, 0) is 20.8 Å². The molecule has 2 aromatic rings. The predicted octanol–water partition coefficient (Wildman–Crippen LogP) is 3.42. The lowest BCUT2D eigenvalue weighted by atomic mass is 10.1. The number of hydrogen-bond donors (Lipinski definition) is 2. The summed E-state index contributed by atoms with van der Waals surface area (Å²) in [6.45, 7) is 5.55. The van der Waals surface area contributed by atoms with Gasteiger partial charge in [0.15, 0.2) is 11.2 Å². The van der Waals surface area contributed by atoms with Gasteiger partial charge < -0.3 is 14.9 Å². The maximum absolute atomic E-state index is 12.4. The summed E-state index contributed by atoms with van der Waals surface area (Å²) in [6, 6.07) is 9.71. The molecule has 0 fully saturated rings. The Kier molecular flexibility index (Phi) is 5.93. The zero-order chi connectivity index (χ0) is 20.1. The average molecular weight is 402 g/mol. The van der Waals surface area contributed by atoms with Gasteiger partial charge in [0.25, 0.3) is 5.91 Å². The number of nitrogens with zero attached hydrogens (tertiary/aromatic N) is 2. The summed E-state index contributed by atoms with van der Waals surface area (Å²) in [5.74, 6) is -0.367. The minimum absolute atomic E-state index is 0.199. The third-order valence-electron chi connectivity index (χ3n) is 3.66. The minimum atomic E-state index is -0.575. The van der Waals surface area contributed by atoms with Crippen LogP contribution in [-0.4, -0.2) is 40.9 Å². The quantitative estimate of drug-likeness (QED) is 0.798. The number of aromatic nitrogens is 1. The first-order valence-corrected chi connectivity index (χ1v) is 9.70. The zero-order valence-corrected chi connectivity index (χ0v) is 16.7. The summed E-state index contributed by atoms with van der Waals surface area (Å²) in [6.07, 6.45) is -0.659. The van der Waals surface area contributed by atoms with Crippen molar-refractivity contribution in [3.63, 3.8) is 0 Å². The SMILES string of the molecule is CC(C)(C)OC(=O)NCC1CC(C(=O)Nc2nc(-c3ccccc3)cs2)=NO1. The normalized spacial score (nSPS) is 16.1. The van der Waals surface area contributed by atoms with Crippen LogP contribution in [0.5, 0.6) is 0 Å². The van der Waals surface area contributed by atoms with Crippen LogP contribution in [0.1, 0.15) is 27.2 Å². The van der Waals surface area contributed by atoms with E-state index in [1.807, 2.05) is 35.7 Å². The third kappa shape index (κ3) is 5.53. The Labute approximate surface area is 166 Å². The molecule has 0 saturated carbocycles. The number of alkyl carbamates (subject to hydrolysis) is 1. The fourth-order valence-corrected chi connectivity index (χ4v) is 3.14. The highest BCUT2D eigenvalue weighted by atomic mass is 32.1. The van der Waals surface area contributed by atoms with Gasteiger partial charge in [-0.1, -0.05) is 35.5 Å². The third-order valence-corrected chi connectivity index (χ3v) is 4.42. The Morgan fingerprint density at radius 3 is 2.75 bits per heavy atom. The van der Waals surface area contributed by atoms with Crippen LogP contribution in [0.15, 0.2) is 40.9 Å². The van der Waals surface area contributed by atoms with Crippen LogP contribution >= 0.6 is 11.3 Å². The van der Waals surface area contributed by atoms with E-state index >= 15 is 0 Å². The van der Waals surface area contributed by atoms with Gasteiger partial charge in [-0.3, -0.25) is 10.1 Å². The molecule has 2 N–H and O–H groups in total. The molecule has 0 radical (unpaired) electrons. The molecule has 1 atom stereocenters. The number of benzene rings is 1. The van der Waals surface area contributed by atoms with Crippen molar-refractivity contribution in [1.82, 2.24) is 10.3 Å². The van der Waals surface area contributed by atoms with E-state index in [9.17, 15) is 9.59 Å². The smallest absolute Gasteiger partial charge is 0.407 e. The van der Waals surface area contributed by atoms with Gasteiger partial charge in [0.05, 0.1) is 12.2 Å². The van der Waals surface area contributed by atoms with Crippen LogP contribution in [0.2, 0.25) is 0 Å². The molecule has 2 amide bonds. The molecule has 1 aromatic heterocycles. The van der Waals surface area contributed by atoms with Crippen molar-refractivity contribution in [3.8, 4) is 11.3 Å². The van der Waals surface area contributed by atoms with Crippen molar-refractivity contribution < 1.29 is 19.2 Å². The Morgan fingerprint density at radius 1 is 1.29 bits per heavy atom. The average Bonchev–Trinajstić information content (AvgIpc) is 3.29. The van der Waals surface area contributed by atoms with Crippen molar-refractivity contribution in [2.45, 2.75) is 38.9 Å². The highest BCUT2D eigenvalue weighted by Gasteiger charge is 2.27. The molecule has 8 nitrogen and oxygen atoms in total. The first-order valence-electron chi connectivity index (χ1n) is 8.82. The molecule has 3 rings (SSSR count). The number of anilines is 1. The monoisotopic (exact) mass is 402 g/mol. The number of carbonyl (C=O) groups is 2. The molecule has 1 aliphatic rings.